The normalized spacial score (nSPS) is 12.8. The fourth-order valence-corrected chi connectivity index (χ4v) is 4.43. The van der Waals surface area contributed by atoms with E-state index in [-0.39, 0.29) is 35.8 Å². The number of anilines is 1. The first kappa shape index (κ1) is 26.0. The molecular formula is C25H27N5O6S. The van der Waals surface area contributed by atoms with Crippen molar-refractivity contribution in [1.29, 1.82) is 0 Å². The molecule has 0 fully saturated rings. The van der Waals surface area contributed by atoms with Gasteiger partial charge in [0, 0.05) is 12.6 Å². The van der Waals surface area contributed by atoms with E-state index in [4.69, 9.17) is 14.2 Å². The van der Waals surface area contributed by atoms with Crippen LogP contribution in [0.1, 0.15) is 46.4 Å². The molecule has 0 radical (unpaired) electrons. The fraction of sp³-hybridized carbons (Fsp3) is 0.320. The standard InChI is InChI=1S/C25H27N5O6S/c1-14(2)21(27-23(32)15-9-10-18-19(11-15)36-13-35-18)22-28-29-25(30(22)3)37-12-20(31)26-17-8-6-5-7-16(17)24(33)34-4/h5-11,14,21H,12-13H2,1-4H3,(H,26,31)(H,27,32). The van der Waals surface area contributed by atoms with Crippen molar-refractivity contribution in [2.75, 3.05) is 25.0 Å². The van der Waals surface area contributed by atoms with Crippen molar-refractivity contribution in [2.24, 2.45) is 13.0 Å². The summed E-state index contributed by atoms with van der Waals surface area (Å²) in [5.41, 5.74) is 1.07. The molecule has 0 aliphatic carbocycles. The predicted molar refractivity (Wildman–Crippen MR) is 136 cm³/mol. The van der Waals surface area contributed by atoms with Crippen molar-refractivity contribution in [2.45, 2.75) is 25.0 Å². The Morgan fingerprint density at radius 3 is 2.62 bits per heavy atom. The Hall–Kier alpha value is -4.06. The molecule has 37 heavy (non-hydrogen) atoms. The topological polar surface area (TPSA) is 134 Å². The third kappa shape index (κ3) is 5.85. The van der Waals surface area contributed by atoms with Gasteiger partial charge < -0.3 is 29.4 Å². The van der Waals surface area contributed by atoms with Gasteiger partial charge in [-0.05, 0) is 36.2 Å². The first-order valence-electron chi connectivity index (χ1n) is 11.5. The molecule has 2 N–H and O–H groups in total. The van der Waals surface area contributed by atoms with Crippen LogP contribution >= 0.6 is 11.8 Å². The molecule has 1 atom stereocenters. The minimum Gasteiger partial charge on any atom is -0.465 e. The third-order valence-corrected chi connectivity index (χ3v) is 6.69. The summed E-state index contributed by atoms with van der Waals surface area (Å²) in [4.78, 5) is 37.5. The Balaban J connectivity index is 1.42. The molecule has 2 amide bonds. The highest BCUT2D eigenvalue weighted by Crippen LogP contribution is 2.33. The molecular weight excluding hydrogens is 498 g/mol. The van der Waals surface area contributed by atoms with Crippen LogP contribution in [-0.4, -0.2) is 52.2 Å². The number of hydrogen-bond donors (Lipinski definition) is 2. The minimum atomic E-state index is -0.538. The number of carbonyl (C=O) groups excluding carboxylic acids is 3. The molecule has 12 heteroatoms. The largest absolute Gasteiger partial charge is 0.465 e. The minimum absolute atomic E-state index is 0.0110. The number of carbonyl (C=O) groups is 3. The van der Waals surface area contributed by atoms with Gasteiger partial charge in [-0.15, -0.1) is 10.2 Å². The quantitative estimate of drug-likeness (QED) is 0.319. The second kappa shape index (κ2) is 11.3. The Morgan fingerprint density at radius 2 is 1.86 bits per heavy atom. The number of amides is 2. The molecule has 11 nitrogen and oxygen atoms in total. The third-order valence-electron chi connectivity index (χ3n) is 5.67. The van der Waals surface area contributed by atoms with Crippen molar-refractivity contribution in [3.8, 4) is 11.5 Å². The number of thioether (sulfide) groups is 1. The van der Waals surface area contributed by atoms with E-state index in [1.165, 1.54) is 18.9 Å². The van der Waals surface area contributed by atoms with Gasteiger partial charge in [-0.3, -0.25) is 9.59 Å². The average Bonchev–Trinajstić information content (AvgIpc) is 3.51. The molecule has 4 rings (SSSR count). The van der Waals surface area contributed by atoms with Gasteiger partial charge in [0.25, 0.3) is 5.91 Å². The van der Waals surface area contributed by atoms with Crippen LogP contribution in [0.4, 0.5) is 5.69 Å². The maximum absolute atomic E-state index is 13.0. The Kier molecular flexibility index (Phi) is 7.97. The summed E-state index contributed by atoms with van der Waals surface area (Å²) in [5, 5.41) is 14.8. The van der Waals surface area contributed by atoms with Crippen LogP contribution < -0.4 is 20.1 Å². The van der Waals surface area contributed by atoms with Crippen molar-refractivity contribution in [3.63, 3.8) is 0 Å². The summed E-state index contributed by atoms with van der Waals surface area (Å²) in [6.07, 6.45) is 0. The van der Waals surface area contributed by atoms with Crippen molar-refractivity contribution in [1.82, 2.24) is 20.1 Å². The first-order chi connectivity index (χ1) is 17.8. The molecule has 2 aromatic carbocycles. The van der Waals surface area contributed by atoms with E-state index in [0.29, 0.717) is 33.7 Å². The van der Waals surface area contributed by atoms with E-state index in [0.717, 1.165) is 0 Å². The summed E-state index contributed by atoms with van der Waals surface area (Å²) in [5.74, 6) is 0.602. The van der Waals surface area contributed by atoms with E-state index in [9.17, 15) is 14.4 Å². The summed E-state index contributed by atoms with van der Waals surface area (Å²) in [6.45, 7) is 4.07. The molecule has 0 spiro atoms. The zero-order chi connectivity index (χ0) is 26.5. The molecule has 0 saturated carbocycles. The number of benzene rings is 2. The summed E-state index contributed by atoms with van der Waals surface area (Å²) in [6, 6.07) is 11.2. The number of fused-ring (bicyclic) bond motifs is 1. The van der Waals surface area contributed by atoms with Gasteiger partial charge in [-0.1, -0.05) is 37.7 Å². The zero-order valence-electron chi connectivity index (χ0n) is 20.8. The van der Waals surface area contributed by atoms with Gasteiger partial charge in [-0.25, -0.2) is 4.79 Å². The SMILES string of the molecule is COC(=O)c1ccccc1NC(=O)CSc1nnc(C(NC(=O)c2ccc3c(c2)OCO3)C(C)C)n1C. The number of methoxy groups -OCH3 is 1. The number of ether oxygens (including phenoxy) is 3. The van der Waals surface area contributed by atoms with E-state index in [1.54, 1.807) is 54.1 Å². The second-order valence-corrected chi connectivity index (χ2v) is 9.48. The van der Waals surface area contributed by atoms with E-state index < -0.39 is 12.0 Å². The lowest BCUT2D eigenvalue weighted by Crippen LogP contribution is -2.33. The maximum Gasteiger partial charge on any atom is 0.339 e. The molecule has 1 aliphatic heterocycles. The lowest BCUT2D eigenvalue weighted by atomic mass is 10.0. The summed E-state index contributed by atoms with van der Waals surface area (Å²) >= 11 is 1.19. The molecule has 194 valence electrons. The van der Waals surface area contributed by atoms with Crippen LogP contribution in [0.25, 0.3) is 0 Å². The number of nitrogens with one attached hydrogen (secondary N) is 2. The number of esters is 1. The van der Waals surface area contributed by atoms with Crippen LogP contribution in [0.2, 0.25) is 0 Å². The van der Waals surface area contributed by atoms with Gasteiger partial charge in [0.2, 0.25) is 12.7 Å². The van der Waals surface area contributed by atoms with Crippen molar-refractivity contribution >= 4 is 35.2 Å². The predicted octanol–water partition coefficient (Wildman–Crippen LogP) is 3.19. The summed E-state index contributed by atoms with van der Waals surface area (Å²) in [7, 11) is 3.06. The number of aromatic nitrogens is 3. The van der Waals surface area contributed by atoms with Crippen LogP contribution in [0, 0.1) is 5.92 Å². The van der Waals surface area contributed by atoms with E-state index in [1.807, 2.05) is 13.8 Å². The van der Waals surface area contributed by atoms with E-state index >= 15 is 0 Å². The zero-order valence-corrected chi connectivity index (χ0v) is 21.6. The monoisotopic (exact) mass is 525 g/mol. The Labute approximate surface area is 217 Å². The van der Waals surface area contributed by atoms with Crippen molar-refractivity contribution in [3.05, 3.63) is 59.4 Å². The number of rotatable bonds is 9. The second-order valence-electron chi connectivity index (χ2n) is 8.54. The van der Waals surface area contributed by atoms with Gasteiger partial charge in [0.1, 0.15) is 0 Å². The van der Waals surface area contributed by atoms with E-state index in [2.05, 4.69) is 20.8 Å². The van der Waals surface area contributed by atoms with Crippen LogP contribution in [0.3, 0.4) is 0 Å². The molecule has 2 heterocycles. The molecule has 3 aromatic rings. The Bertz CT molecular complexity index is 1320. The summed E-state index contributed by atoms with van der Waals surface area (Å²) < 4.78 is 17.2. The van der Waals surface area contributed by atoms with Crippen molar-refractivity contribution < 1.29 is 28.6 Å². The Morgan fingerprint density at radius 1 is 1.11 bits per heavy atom. The molecule has 0 saturated heterocycles. The molecule has 1 aliphatic rings. The lowest BCUT2D eigenvalue weighted by molar-refractivity contribution is -0.113. The highest BCUT2D eigenvalue weighted by molar-refractivity contribution is 7.99. The lowest BCUT2D eigenvalue weighted by Gasteiger charge is -2.21. The van der Waals surface area contributed by atoms with Gasteiger partial charge in [0.15, 0.2) is 22.5 Å². The highest BCUT2D eigenvalue weighted by Gasteiger charge is 2.26. The van der Waals surface area contributed by atoms with Crippen LogP contribution in [0.15, 0.2) is 47.6 Å². The number of nitrogens with zero attached hydrogens (tertiary/aromatic N) is 3. The molecule has 0 bridgehead atoms. The number of hydrogen-bond acceptors (Lipinski definition) is 9. The van der Waals surface area contributed by atoms with Crippen LogP contribution in [0.5, 0.6) is 11.5 Å². The maximum atomic E-state index is 13.0. The molecule has 1 unspecified atom stereocenters. The van der Waals surface area contributed by atoms with Gasteiger partial charge in [0.05, 0.1) is 30.2 Å². The van der Waals surface area contributed by atoms with Gasteiger partial charge >= 0.3 is 5.97 Å². The fourth-order valence-electron chi connectivity index (χ4n) is 3.71. The van der Waals surface area contributed by atoms with Crippen LogP contribution in [-0.2, 0) is 16.6 Å². The molecule has 1 aromatic heterocycles. The first-order valence-corrected chi connectivity index (χ1v) is 12.5. The number of para-hydroxylation sites is 1. The highest BCUT2D eigenvalue weighted by atomic mass is 32.2. The average molecular weight is 526 g/mol. The van der Waals surface area contributed by atoms with Gasteiger partial charge in [-0.2, -0.15) is 0 Å². The smallest absolute Gasteiger partial charge is 0.339 e.